The highest BCUT2D eigenvalue weighted by atomic mass is 16.5. The van der Waals surface area contributed by atoms with Gasteiger partial charge in [-0.2, -0.15) is 0 Å². The van der Waals surface area contributed by atoms with E-state index in [4.69, 9.17) is 9.47 Å². The average Bonchev–Trinajstić information content (AvgIpc) is 2.35. The van der Waals surface area contributed by atoms with Crippen LogP contribution in [0.15, 0.2) is 18.2 Å². The van der Waals surface area contributed by atoms with Crippen LogP contribution in [0.2, 0.25) is 0 Å². The molecule has 0 amide bonds. The Morgan fingerprint density at radius 2 is 1.95 bits per heavy atom. The molecule has 114 valence electrons. The molecule has 0 saturated heterocycles. The zero-order valence-corrected chi connectivity index (χ0v) is 13.7. The van der Waals surface area contributed by atoms with Gasteiger partial charge in [0.05, 0.1) is 6.10 Å². The van der Waals surface area contributed by atoms with Crippen LogP contribution in [0.3, 0.4) is 0 Å². The number of methoxy groups -OCH3 is 1. The largest absolute Gasteiger partial charge is 0.490 e. The SMILES string of the molecule is COCCC(C)Oc1ccc(C)cc1CNC(C)(C)C. The first kappa shape index (κ1) is 17.0. The van der Waals surface area contributed by atoms with Crippen molar-refractivity contribution in [3.63, 3.8) is 0 Å². The van der Waals surface area contributed by atoms with E-state index in [1.165, 1.54) is 11.1 Å². The molecule has 0 spiro atoms. The Morgan fingerprint density at radius 1 is 1.25 bits per heavy atom. The van der Waals surface area contributed by atoms with Crippen molar-refractivity contribution >= 4 is 0 Å². The van der Waals surface area contributed by atoms with Crippen LogP contribution < -0.4 is 10.1 Å². The van der Waals surface area contributed by atoms with Gasteiger partial charge in [0.15, 0.2) is 0 Å². The maximum absolute atomic E-state index is 6.05. The lowest BCUT2D eigenvalue weighted by Gasteiger charge is -2.23. The first-order valence-electron chi connectivity index (χ1n) is 7.32. The molecule has 0 bridgehead atoms. The topological polar surface area (TPSA) is 30.5 Å². The highest BCUT2D eigenvalue weighted by molar-refractivity contribution is 5.37. The highest BCUT2D eigenvalue weighted by Crippen LogP contribution is 2.22. The lowest BCUT2D eigenvalue weighted by Crippen LogP contribution is -2.35. The van der Waals surface area contributed by atoms with Crippen molar-refractivity contribution in [1.82, 2.24) is 5.32 Å². The Labute approximate surface area is 123 Å². The summed E-state index contributed by atoms with van der Waals surface area (Å²) in [6.07, 6.45) is 1.06. The van der Waals surface area contributed by atoms with E-state index < -0.39 is 0 Å². The molecule has 1 unspecified atom stereocenters. The lowest BCUT2D eigenvalue weighted by molar-refractivity contribution is 0.134. The average molecular weight is 279 g/mol. The first-order chi connectivity index (χ1) is 9.31. The fourth-order valence-corrected chi connectivity index (χ4v) is 1.88. The molecule has 1 N–H and O–H groups in total. The molecule has 0 radical (unpaired) electrons. The molecule has 3 nitrogen and oxygen atoms in total. The van der Waals surface area contributed by atoms with Crippen LogP contribution >= 0.6 is 0 Å². The molecule has 1 atom stereocenters. The summed E-state index contributed by atoms with van der Waals surface area (Å²) in [7, 11) is 1.72. The third kappa shape index (κ3) is 6.40. The Bertz CT molecular complexity index is 410. The molecule has 20 heavy (non-hydrogen) atoms. The van der Waals surface area contributed by atoms with Crippen LogP contribution in [-0.4, -0.2) is 25.4 Å². The van der Waals surface area contributed by atoms with E-state index in [9.17, 15) is 0 Å². The van der Waals surface area contributed by atoms with Crippen LogP contribution in [0.5, 0.6) is 5.75 Å². The minimum atomic E-state index is 0.0999. The van der Waals surface area contributed by atoms with Crippen LogP contribution in [-0.2, 0) is 11.3 Å². The number of nitrogens with one attached hydrogen (secondary N) is 1. The Kier molecular flexibility index (Phi) is 6.50. The summed E-state index contributed by atoms with van der Waals surface area (Å²) < 4.78 is 11.1. The van der Waals surface area contributed by atoms with E-state index in [2.05, 4.69) is 58.1 Å². The number of rotatable bonds is 7. The summed E-state index contributed by atoms with van der Waals surface area (Å²) in [5.41, 5.74) is 2.57. The van der Waals surface area contributed by atoms with Gasteiger partial charge >= 0.3 is 0 Å². The van der Waals surface area contributed by atoms with Gasteiger partial charge in [-0.15, -0.1) is 0 Å². The highest BCUT2D eigenvalue weighted by Gasteiger charge is 2.13. The summed E-state index contributed by atoms with van der Waals surface area (Å²) in [5.74, 6) is 0.968. The van der Waals surface area contributed by atoms with Crippen molar-refractivity contribution in [1.29, 1.82) is 0 Å². The standard InChI is InChI=1S/C17H29NO2/c1-13-7-8-16(20-14(2)9-10-19-6)15(11-13)12-18-17(3,4)5/h7-8,11,14,18H,9-10,12H2,1-6H3. The van der Waals surface area contributed by atoms with Gasteiger partial charge in [-0.05, 0) is 40.7 Å². The minimum Gasteiger partial charge on any atom is -0.490 e. The fraction of sp³-hybridized carbons (Fsp3) is 0.647. The predicted molar refractivity (Wildman–Crippen MR) is 84.4 cm³/mol. The maximum Gasteiger partial charge on any atom is 0.124 e. The van der Waals surface area contributed by atoms with Crippen LogP contribution in [0.25, 0.3) is 0 Å². The maximum atomic E-state index is 6.05. The van der Waals surface area contributed by atoms with Crippen LogP contribution in [0.4, 0.5) is 0 Å². The summed E-state index contributed by atoms with van der Waals surface area (Å²) >= 11 is 0. The number of ether oxygens (including phenoxy) is 2. The molecule has 0 aliphatic carbocycles. The summed E-state index contributed by atoms with van der Waals surface area (Å²) in [4.78, 5) is 0. The van der Waals surface area contributed by atoms with E-state index in [0.717, 1.165) is 25.3 Å². The molecule has 3 heteroatoms. The van der Waals surface area contributed by atoms with Gasteiger partial charge in [-0.25, -0.2) is 0 Å². The zero-order valence-electron chi connectivity index (χ0n) is 13.7. The molecule has 0 aliphatic rings. The molecular formula is C17H29NO2. The third-order valence-corrected chi connectivity index (χ3v) is 3.08. The van der Waals surface area contributed by atoms with Gasteiger partial charge in [-0.1, -0.05) is 17.7 Å². The van der Waals surface area contributed by atoms with E-state index >= 15 is 0 Å². The van der Waals surface area contributed by atoms with E-state index in [1.807, 2.05) is 0 Å². The number of aryl methyl sites for hydroxylation is 1. The second-order valence-corrected chi connectivity index (χ2v) is 6.42. The molecule has 0 saturated carbocycles. The van der Waals surface area contributed by atoms with Crippen molar-refractivity contribution < 1.29 is 9.47 Å². The van der Waals surface area contributed by atoms with Gasteiger partial charge < -0.3 is 14.8 Å². The molecule has 1 aromatic carbocycles. The van der Waals surface area contributed by atoms with E-state index in [-0.39, 0.29) is 11.6 Å². The van der Waals surface area contributed by atoms with Crippen molar-refractivity contribution in [2.75, 3.05) is 13.7 Å². The van der Waals surface area contributed by atoms with Crippen LogP contribution in [0.1, 0.15) is 45.2 Å². The van der Waals surface area contributed by atoms with Gasteiger partial charge in [0.2, 0.25) is 0 Å². The monoisotopic (exact) mass is 279 g/mol. The van der Waals surface area contributed by atoms with E-state index in [0.29, 0.717) is 0 Å². The molecule has 0 fully saturated rings. The second-order valence-electron chi connectivity index (χ2n) is 6.42. The van der Waals surface area contributed by atoms with Gasteiger partial charge in [0.25, 0.3) is 0 Å². The Hall–Kier alpha value is -1.06. The molecule has 0 aliphatic heterocycles. The fourth-order valence-electron chi connectivity index (χ4n) is 1.88. The van der Waals surface area contributed by atoms with Crippen molar-refractivity contribution in [2.45, 2.75) is 59.2 Å². The summed E-state index contributed by atoms with van der Waals surface area (Å²) in [5, 5.41) is 3.52. The third-order valence-electron chi connectivity index (χ3n) is 3.08. The Balaban J connectivity index is 2.74. The predicted octanol–water partition coefficient (Wildman–Crippen LogP) is 3.69. The molecule has 1 aromatic rings. The van der Waals surface area contributed by atoms with Gasteiger partial charge in [0, 0.05) is 37.8 Å². The number of hydrogen-bond donors (Lipinski definition) is 1. The smallest absolute Gasteiger partial charge is 0.124 e. The lowest BCUT2D eigenvalue weighted by atomic mass is 10.1. The van der Waals surface area contributed by atoms with Crippen molar-refractivity contribution in [3.8, 4) is 5.75 Å². The number of benzene rings is 1. The molecular weight excluding hydrogens is 250 g/mol. The molecule has 0 aromatic heterocycles. The minimum absolute atomic E-state index is 0.0999. The Morgan fingerprint density at radius 3 is 2.55 bits per heavy atom. The summed E-state index contributed by atoms with van der Waals surface area (Å²) in [6, 6.07) is 6.36. The molecule has 0 heterocycles. The van der Waals surface area contributed by atoms with Crippen molar-refractivity contribution in [2.24, 2.45) is 0 Å². The summed E-state index contributed by atoms with van der Waals surface area (Å²) in [6.45, 7) is 12.2. The molecule has 1 rings (SSSR count). The van der Waals surface area contributed by atoms with Crippen LogP contribution in [0, 0.1) is 6.92 Å². The normalized spacial score (nSPS) is 13.3. The quantitative estimate of drug-likeness (QED) is 0.826. The second kappa shape index (κ2) is 7.65. The first-order valence-corrected chi connectivity index (χ1v) is 7.32. The number of hydrogen-bond acceptors (Lipinski definition) is 3. The van der Waals surface area contributed by atoms with Gasteiger partial charge in [0.1, 0.15) is 5.75 Å². The van der Waals surface area contributed by atoms with Crippen molar-refractivity contribution in [3.05, 3.63) is 29.3 Å². The zero-order chi connectivity index (χ0) is 15.2. The van der Waals surface area contributed by atoms with Gasteiger partial charge in [-0.3, -0.25) is 0 Å². The van der Waals surface area contributed by atoms with E-state index in [1.54, 1.807) is 7.11 Å².